The summed E-state index contributed by atoms with van der Waals surface area (Å²) < 4.78 is 13.6. The molecule has 3 rings (SSSR count). The molecule has 0 spiro atoms. The number of hydrogen-bond acceptors (Lipinski definition) is 3. The Bertz CT molecular complexity index is 978. The average Bonchev–Trinajstić information content (AvgIpc) is 2.72. The Morgan fingerprint density at radius 2 is 1.50 bits per heavy atom. The number of benzene rings is 3. The van der Waals surface area contributed by atoms with Crippen LogP contribution >= 0.6 is 23.4 Å². The van der Waals surface area contributed by atoms with Gasteiger partial charge in [-0.3, -0.25) is 20.4 Å². The summed E-state index contributed by atoms with van der Waals surface area (Å²) in [4.78, 5) is 25.2. The summed E-state index contributed by atoms with van der Waals surface area (Å²) in [6.45, 7) is 0. The summed E-state index contributed by atoms with van der Waals surface area (Å²) in [5, 5.41) is 0.696. The van der Waals surface area contributed by atoms with Gasteiger partial charge in [0.05, 0.1) is 5.56 Å². The van der Waals surface area contributed by atoms with Gasteiger partial charge in [-0.05, 0) is 54.1 Å². The van der Waals surface area contributed by atoms with Crippen molar-refractivity contribution in [3.05, 3.63) is 100 Å². The summed E-state index contributed by atoms with van der Waals surface area (Å²) in [7, 11) is 0. The average molecular weight is 415 g/mol. The van der Waals surface area contributed by atoms with Crippen molar-refractivity contribution in [1.29, 1.82) is 0 Å². The van der Waals surface area contributed by atoms with Crippen LogP contribution in [0.4, 0.5) is 4.39 Å². The molecule has 0 aliphatic rings. The van der Waals surface area contributed by atoms with Gasteiger partial charge < -0.3 is 0 Å². The van der Waals surface area contributed by atoms with E-state index in [4.69, 9.17) is 11.6 Å². The van der Waals surface area contributed by atoms with Crippen LogP contribution in [0.25, 0.3) is 0 Å². The second-order valence-corrected chi connectivity index (χ2v) is 7.31. The topological polar surface area (TPSA) is 58.2 Å². The van der Waals surface area contributed by atoms with Crippen LogP contribution in [0, 0.1) is 5.82 Å². The highest BCUT2D eigenvalue weighted by atomic mass is 35.5. The maximum atomic E-state index is 13.6. The van der Waals surface area contributed by atoms with E-state index < -0.39 is 17.6 Å². The third kappa shape index (κ3) is 5.34. The molecule has 0 aliphatic carbocycles. The van der Waals surface area contributed by atoms with Crippen molar-refractivity contribution >= 4 is 35.2 Å². The molecule has 7 heteroatoms. The predicted octanol–water partition coefficient (Wildman–Crippen LogP) is 4.85. The molecule has 0 unspecified atom stereocenters. The van der Waals surface area contributed by atoms with Crippen LogP contribution in [0.3, 0.4) is 0 Å². The normalized spacial score (nSPS) is 10.4. The molecule has 3 aromatic carbocycles. The SMILES string of the molecule is O=C(NNC(=O)c1ccccc1F)c1ccc(CSc2ccc(Cl)cc2)cc1. The van der Waals surface area contributed by atoms with Gasteiger partial charge in [0.25, 0.3) is 11.8 Å². The molecule has 0 saturated carbocycles. The number of rotatable bonds is 5. The van der Waals surface area contributed by atoms with Gasteiger partial charge in [-0.2, -0.15) is 0 Å². The Hall–Kier alpha value is -2.83. The molecule has 0 atom stereocenters. The fraction of sp³-hybridized carbons (Fsp3) is 0.0476. The molecule has 0 aromatic heterocycles. The molecule has 2 N–H and O–H groups in total. The number of halogens is 2. The first-order valence-corrected chi connectivity index (χ1v) is 9.72. The molecule has 28 heavy (non-hydrogen) atoms. The van der Waals surface area contributed by atoms with Gasteiger partial charge >= 0.3 is 0 Å². The van der Waals surface area contributed by atoms with Crippen LogP contribution in [-0.2, 0) is 5.75 Å². The van der Waals surface area contributed by atoms with E-state index in [1.165, 1.54) is 18.2 Å². The second kappa shape index (κ2) is 9.39. The minimum atomic E-state index is -0.720. The third-order valence-corrected chi connectivity index (χ3v) is 5.18. The number of carbonyl (C=O) groups is 2. The molecule has 0 radical (unpaired) electrons. The summed E-state index contributed by atoms with van der Waals surface area (Å²) in [5.74, 6) is -1.12. The first kappa shape index (κ1) is 19.9. The molecular weight excluding hydrogens is 399 g/mol. The van der Waals surface area contributed by atoms with Crippen LogP contribution in [0.2, 0.25) is 5.02 Å². The van der Waals surface area contributed by atoms with E-state index in [0.717, 1.165) is 16.2 Å². The van der Waals surface area contributed by atoms with Crippen molar-refractivity contribution in [3.8, 4) is 0 Å². The van der Waals surface area contributed by atoms with Crippen molar-refractivity contribution in [2.45, 2.75) is 10.6 Å². The Morgan fingerprint density at radius 1 is 0.857 bits per heavy atom. The van der Waals surface area contributed by atoms with Crippen molar-refractivity contribution in [1.82, 2.24) is 10.9 Å². The molecule has 0 fully saturated rings. The molecule has 4 nitrogen and oxygen atoms in total. The minimum Gasteiger partial charge on any atom is -0.267 e. The summed E-state index contributed by atoms with van der Waals surface area (Å²) >= 11 is 7.53. The number of hydrogen-bond donors (Lipinski definition) is 2. The van der Waals surface area contributed by atoms with Gasteiger partial charge in [0.15, 0.2) is 0 Å². The smallest absolute Gasteiger partial charge is 0.267 e. The molecule has 0 heterocycles. The maximum absolute atomic E-state index is 13.6. The van der Waals surface area contributed by atoms with Crippen LogP contribution in [0.1, 0.15) is 26.3 Å². The van der Waals surface area contributed by atoms with Crippen molar-refractivity contribution in [3.63, 3.8) is 0 Å². The minimum absolute atomic E-state index is 0.141. The van der Waals surface area contributed by atoms with E-state index in [0.29, 0.717) is 10.6 Å². The van der Waals surface area contributed by atoms with Crippen LogP contribution in [-0.4, -0.2) is 11.8 Å². The van der Waals surface area contributed by atoms with Gasteiger partial charge in [0, 0.05) is 21.2 Å². The van der Waals surface area contributed by atoms with E-state index in [2.05, 4.69) is 10.9 Å². The van der Waals surface area contributed by atoms with E-state index in [1.807, 2.05) is 36.4 Å². The standard InChI is InChI=1S/C21H16ClFN2O2S/c22-16-9-11-17(12-10-16)28-13-14-5-7-15(8-6-14)20(26)24-25-21(27)18-3-1-2-4-19(18)23/h1-12H,13H2,(H,24,26)(H,25,27). The second-order valence-electron chi connectivity index (χ2n) is 5.83. The van der Waals surface area contributed by atoms with E-state index in [1.54, 1.807) is 30.0 Å². The van der Waals surface area contributed by atoms with E-state index in [-0.39, 0.29) is 5.56 Å². The monoisotopic (exact) mass is 414 g/mol. The molecular formula is C21H16ClFN2O2S. The molecule has 3 aromatic rings. The Balaban J connectivity index is 1.52. The zero-order chi connectivity index (χ0) is 19.9. The summed E-state index contributed by atoms with van der Waals surface area (Å²) in [6, 6.07) is 20.2. The zero-order valence-electron chi connectivity index (χ0n) is 14.6. The van der Waals surface area contributed by atoms with E-state index in [9.17, 15) is 14.0 Å². The number of carbonyl (C=O) groups excluding carboxylic acids is 2. The molecule has 0 aliphatic heterocycles. The lowest BCUT2D eigenvalue weighted by molar-refractivity contribution is 0.0844. The van der Waals surface area contributed by atoms with Crippen molar-refractivity contribution in [2.75, 3.05) is 0 Å². The molecule has 0 saturated heterocycles. The van der Waals surface area contributed by atoms with Crippen molar-refractivity contribution in [2.24, 2.45) is 0 Å². The van der Waals surface area contributed by atoms with Crippen molar-refractivity contribution < 1.29 is 14.0 Å². The van der Waals surface area contributed by atoms with Gasteiger partial charge in [-0.1, -0.05) is 35.9 Å². The Kier molecular flexibility index (Phi) is 6.68. The molecule has 0 bridgehead atoms. The van der Waals surface area contributed by atoms with E-state index >= 15 is 0 Å². The zero-order valence-corrected chi connectivity index (χ0v) is 16.2. The molecule has 2 amide bonds. The van der Waals surface area contributed by atoms with Gasteiger partial charge in [0.1, 0.15) is 5.82 Å². The predicted molar refractivity (Wildman–Crippen MR) is 109 cm³/mol. The largest absolute Gasteiger partial charge is 0.272 e. The number of hydrazine groups is 1. The quantitative estimate of drug-likeness (QED) is 0.463. The Morgan fingerprint density at radius 3 is 2.18 bits per heavy atom. The summed E-state index contributed by atoms with van der Waals surface area (Å²) in [5.41, 5.74) is 5.78. The number of amides is 2. The first-order valence-electron chi connectivity index (χ1n) is 8.35. The van der Waals surface area contributed by atoms with Crippen LogP contribution < -0.4 is 10.9 Å². The van der Waals surface area contributed by atoms with Gasteiger partial charge in [-0.25, -0.2) is 4.39 Å². The van der Waals surface area contributed by atoms with Gasteiger partial charge in [0.2, 0.25) is 0 Å². The fourth-order valence-electron chi connectivity index (χ4n) is 2.35. The van der Waals surface area contributed by atoms with Gasteiger partial charge in [-0.15, -0.1) is 11.8 Å². The maximum Gasteiger partial charge on any atom is 0.272 e. The highest BCUT2D eigenvalue weighted by Crippen LogP contribution is 2.24. The lowest BCUT2D eigenvalue weighted by Crippen LogP contribution is -2.41. The fourth-order valence-corrected chi connectivity index (χ4v) is 3.33. The number of nitrogens with one attached hydrogen (secondary N) is 2. The first-order chi connectivity index (χ1) is 13.5. The highest BCUT2D eigenvalue weighted by Gasteiger charge is 2.12. The highest BCUT2D eigenvalue weighted by molar-refractivity contribution is 7.98. The third-order valence-electron chi connectivity index (χ3n) is 3.84. The van der Waals surface area contributed by atoms with Crippen LogP contribution in [0.15, 0.2) is 77.7 Å². The number of thioether (sulfide) groups is 1. The summed E-state index contributed by atoms with van der Waals surface area (Å²) in [6.07, 6.45) is 0. The molecule has 142 valence electrons. The lowest BCUT2D eigenvalue weighted by atomic mass is 10.1. The van der Waals surface area contributed by atoms with Crippen LogP contribution in [0.5, 0.6) is 0 Å². The Labute approximate surface area is 171 Å². The lowest BCUT2D eigenvalue weighted by Gasteiger charge is -2.08.